The van der Waals surface area contributed by atoms with Crippen molar-refractivity contribution in [2.24, 2.45) is 0 Å². The molecule has 0 aliphatic carbocycles. The van der Waals surface area contributed by atoms with Crippen LogP contribution in [0.25, 0.3) is 0 Å². The molecule has 0 spiro atoms. The predicted molar refractivity (Wildman–Crippen MR) is 124 cm³/mol. The first kappa shape index (κ1) is 25.1. The molecule has 1 aliphatic heterocycles. The first-order chi connectivity index (χ1) is 16.4. The Hall–Kier alpha value is -3.56. The Labute approximate surface area is 198 Å². The molecule has 3 rings (SSSR count). The third-order valence-corrected chi connectivity index (χ3v) is 5.29. The van der Waals surface area contributed by atoms with Gasteiger partial charge in [0.15, 0.2) is 12.4 Å². The standard InChI is InChI=1S/C25H28N2O7/c1-3-33-13-5-12-26-21-15-23(29)27(24(21)30)19-10-8-17(9-11-19)25(31)34-16-22(28)18-6-4-7-20(14-18)32-2/h4,6-11,14,21,26H,3,5,12-13,15-16H2,1-2H3. The number of hydrogen-bond donors (Lipinski definition) is 1. The molecule has 1 aliphatic rings. The summed E-state index contributed by atoms with van der Waals surface area (Å²) in [5, 5.41) is 3.09. The van der Waals surface area contributed by atoms with Gasteiger partial charge in [-0.1, -0.05) is 12.1 Å². The quantitative estimate of drug-likeness (QED) is 0.219. The highest BCUT2D eigenvalue weighted by Crippen LogP contribution is 2.23. The predicted octanol–water partition coefficient (Wildman–Crippen LogP) is 2.38. The Morgan fingerprint density at radius 1 is 1.09 bits per heavy atom. The summed E-state index contributed by atoms with van der Waals surface area (Å²) in [7, 11) is 1.50. The fourth-order valence-corrected chi connectivity index (χ4v) is 3.50. The molecule has 34 heavy (non-hydrogen) atoms. The van der Waals surface area contributed by atoms with Crippen molar-refractivity contribution in [3.05, 3.63) is 59.7 Å². The summed E-state index contributed by atoms with van der Waals surface area (Å²) in [5.74, 6) is -1.17. The number of anilines is 1. The third kappa shape index (κ3) is 6.27. The Kier molecular flexibility index (Phi) is 8.89. The van der Waals surface area contributed by atoms with E-state index in [4.69, 9.17) is 14.2 Å². The highest BCUT2D eigenvalue weighted by molar-refractivity contribution is 6.22. The van der Waals surface area contributed by atoms with Crippen molar-refractivity contribution in [1.29, 1.82) is 0 Å². The molecule has 180 valence electrons. The SMILES string of the molecule is CCOCCCNC1CC(=O)N(c2ccc(C(=O)OCC(=O)c3cccc(OC)c3)cc2)C1=O. The second-order valence-corrected chi connectivity index (χ2v) is 7.61. The molecular formula is C25H28N2O7. The average molecular weight is 469 g/mol. The molecule has 0 saturated carbocycles. The minimum Gasteiger partial charge on any atom is -0.497 e. The van der Waals surface area contributed by atoms with E-state index in [1.807, 2.05) is 6.92 Å². The van der Waals surface area contributed by atoms with Crippen LogP contribution < -0.4 is 15.0 Å². The van der Waals surface area contributed by atoms with Crippen molar-refractivity contribution in [2.45, 2.75) is 25.8 Å². The highest BCUT2D eigenvalue weighted by Gasteiger charge is 2.39. The number of amides is 2. The summed E-state index contributed by atoms with van der Waals surface area (Å²) >= 11 is 0. The lowest BCUT2D eigenvalue weighted by molar-refractivity contribution is -0.121. The normalized spacial score (nSPS) is 15.5. The minimum atomic E-state index is -0.685. The molecule has 0 radical (unpaired) electrons. The summed E-state index contributed by atoms with van der Waals surface area (Å²) in [6.45, 7) is 3.28. The molecule has 1 fully saturated rings. The number of nitrogens with zero attached hydrogens (tertiary/aromatic N) is 1. The van der Waals surface area contributed by atoms with Gasteiger partial charge in [0, 0.05) is 18.8 Å². The maximum absolute atomic E-state index is 12.7. The van der Waals surface area contributed by atoms with Crippen LogP contribution >= 0.6 is 0 Å². The van der Waals surface area contributed by atoms with E-state index in [1.165, 1.54) is 31.4 Å². The zero-order valence-corrected chi connectivity index (χ0v) is 19.2. The number of hydrogen-bond acceptors (Lipinski definition) is 8. The van der Waals surface area contributed by atoms with Crippen molar-refractivity contribution in [3.63, 3.8) is 0 Å². The van der Waals surface area contributed by atoms with Crippen LogP contribution in [0.1, 0.15) is 40.5 Å². The van der Waals surface area contributed by atoms with E-state index in [0.717, 1.165) is 11.3 Å². The minimum absolute atomic E-state index is 0.0731. The van der Waals surface area contributed by atoms with Crippen LogP contribution in [0.3, 0.4) is 0 Å². The van der Waals surface area contributed by atoms with Gasteiger partial charge in [-0.3, -0.25) is 14.4 Å². The molecule has 9 nitrogen and oxygen atoms in total. The number of methoxy groups -OCH3 is 1. The van der Waals surface area contributed by atoms with Crippen molar-refractivity contribution < 1.29 is 33.4 Å². The number of Topliss-reactive ketones (excluding diaryl/α,β-unsaturated/α-hetero) is 1. The molecule has 2 aromatic rings. The molecule has 1 N–H and O–H groups in total. The summed E-state index contributed by atoms with van der Waals surface area (Å²) in [5.41, 5.74) is 0.944. The Balaban J connectivity index is 1.54. The number of ketones is 1. The van der Waals surface area contributed by atoms with E-state index in [-0.39, 0.29) is 29.6 Å². The summed E-state index contributed by atoms with van der Waals surface area (Å²) in [6, 6.07) is 11.9. The van der Waals surface area contributed by atoms with E-state index in [9.17, 15) is 19.2 Å². The number of carbonyl (C=O) groups excluding carboxylic acids is 4. The molecule has 1 atom stereocenters. The van der Waals surface area contributed by atoms with Crippen molar-refractivity contribution in [3.8, 4) is 5.75 Å². The van der Waals surface area contributed by atoms with E-state index >= 15 is 0 Å². The number of imide groups is 1. The molecule has 1 heterocycles. The van der Waals surface area contributed by atoms with Crippen LogP contribution in [0.5, 0.6) is 5.75 Å². The van der Waals surface area contributed by atoms with E-state index in [1.54, 1.807) is 24.3 Å². The lowest BCUT2D eigenvalue weighted by Crippen LogP contribution is -2.39. The Morgan fingerprint density at radius 2 is 1.85 bits per heavy atom. The largest absolute Gasteiger partial charge is 0.497 e. The van der Waals surface area contributed by atoms with Crippen molar-refractivity contribution in [2.75, 3.05) is 38.4 Å². The number of ether oxygens (including phenoxy) is 3. The lowest BCUT2D eigenvalue weighted by atomic mass is 10.1. The zero-order valence-electron chi connectivity index (χ0n) is 19.2. The molecule has 0 aromatic heterocycles. The van der Waals surface area contributed by atoms with Gasteiger partial charge >= 0.3 is 5.97 Å². The average Bonchev–Trinajstić information content (AvgIpc) is 3.14. The maximum atomic E-state index is 12.7. The molecule has 2 amide bonds. The maximum Gasteiger partial charge on any atom is 0.338 e. The van der Waals surface area contributed by atoms with E-state index in [2.05, 4.69) is 5.32 Å². The first-order valence-corrected chi connectivity index (χ1v) is 11.1. The smallest absolute Gasteiger partial charge is 0.338 e. The van der Waals surface area contributed by atoms with Gasteiger partial charge in [-0.25, -0.2) is 9.69 Å². The Morgan fingerprint density at radius 3 is 2.56 bits per heavy atom. The van der Waals surface area contributed by atoms with Gasteiger partial charge in [-0.2, -0.15) is 0 Å². The molecule has 1 unspecified atom stereocenters. The van der Waals surface area contributed by atoms with Crippen LogP contribution in [-0.4, -0.2) is 63.1 Å². The fourth-order valence-electron chi connectivity index (χ4n) is 3.50. The van der Waals surface area contributed by atoms with Crippen LogP contribution in [0.4, 0.5) is 5.69 Å². The third-order valence-electron chi connectivity index (χ3n) is 5.29. The monoisotopic (exact) mass is 468 g/mol. The van der Waals surface area contributed by atoms with Crippen molar-refractivity contribution in [1.82, 2.24) is 5.32 Å². The molecular weight excluding hydrogens is 440 g/mol. The first-order valence-electron chi connectivity index (χ1n) is 11.1. The van der Waals surface area contributed by atoms with E-state index < -0.39 is 18.6 Å². The van der Waals surface area contributed by atoms with Gasteiger partial charge in [0.2, 0.25) is 5.91 Å². The molecule has 2 aromatic carbocycles. The second-order valence-electron chi connectivity index (χ2n) is 7.61. The summed E-state index contributed by atoms with van der Waals surface area (Å²) in [6.07, 6.45) is 0.812. The topological polar surface area (TPSA) is 111 Å². The number of rotatable bonds is 12. The zero-order chi connectivity index (χ0) is 24.5. The number of nitrogens with one attached hydrogen (secondary N) is 1. The molecule has 1 saturated heterocycles. The fraction of sp³-hybridized carbons (Fsp3) is 0.360. The lowest BCUT2D eigenvalue weighted by Gasteiger charge is -2.16. The summed E-state index contributed by atoms with van der Waals surface area (Å²) < 4.78 is 15.5. The Bertz CT molecular complexity index is 1040. The van der Waals surface area contributed by atoms with Gasteiger partial charge in [0.1, 0.15) is 5.75 Å². The van der Waals surface area contributed by atoms with Gasteiger partial charge in [-0.05, 0) is 56.3 Å². The van der Waals surface area contributed by atoms with Crippen molar-refractivity contribution >= 4 is 29.3 Å². The van der Waals surface area contributed by atoms with E-state index in [0.29, 0.717) is 36.8 Å². The highest BCUT2D eigenvalue weighted by atomic mass is 16.5. The van der Waals surface area contributed by atoms with Gasteiger partial charge in [-0.15, -0.1) is 0 Å². The molecule has 9 heteroatoms. The number of esters is 1. The van der Waals surface area contributed by atoms with Crippen LogP contribution in [0, 0.1) is 0 Å². The number of carbonyl (C=O) groups is 4. The second kappa shape index (κ2) is 12.1. The van der Waals surface area contributed by atoms with Crippen LogP contribution in [0.15, 0.2) is 48.5 Å². The van der Waals surface area contributed by atoms with Crippen LogP contribution in [-0.2, 0) is 19.1 Å². The number of benzene rings is 2. The van der Waals surface area contributed by atoms with Gasteiger partial charge in [0.05, 0.1) is 30.8 Å². The van der Waals surface area contributed by atoms with Gasteiger partial charge < -0.3 is 19.5 Å². The van der Waals surface area contributed by atoms with Crippen LogP contribution in [0.2, 0.25) is 0 Å². The van der Waals surface area contributed by atoms with Gasteiger partial charge in [0.25, 0.3) is 5.91 Å². The summed E-state index contributed by atoms with van der Waals surface area (Å²) in [4.78, 5) is 50.8. The molecule has 0 bridgehead atoms.